The summed E-state index contributed by atoms with van der Waals surface area (Å²) in [5.74, 6) is 0.909. The molecule has 0 aliphatic heterocycles. The van der Waals surface area contributed by atoms with E-state index < -0.39 is 10.0 Å². The van der Waals surface area contributed by atoms with Gasteiger partial charge in [0.1, 0.15) is 5.82 Å². The summed E-state index contributed by atoms with van der Waals surface area (Å²) >= 11 is 0. The van der Waals surface area contributed by atoms with Crippen molar-refractivity contribution in [3.63, 3.8) is 0 Å². The molecular weight excluding hydrogens is 390 g/mol. The highest BCUT2D eigenvalue weighted by molar-refractivity contribution is 7.89. The molecule has 0 radical (unpaired) electrons. The van der Waals surface area contributed by atoms with Crippen LogP contribution in [0.25, 0.3) is 10.9 Å². The predicted octanol–water partition coefficient (Wildman–Crippen LogP) is 2.81. The normalized spacial score (nSPS) is 11.6. The van der Waals surface area contributed by atoms with Gasteiger partial charge >= 0.3 is 0 Å². The zero-order valence-corrected chi connectivity index (χ0v) is 16.6. The van der Waals surface area contributed by atoms with Gasteiger partial charge in [0.25, 0.3) is 0 Å². The average molecular weight is 409 g/mol. The minimum Gasteiger partial charge on any atom is -0.340 e. The number of fused-ring (bicyclic) bond motifs is 1. The highest BCUT2D eigenvalue weighted by atomic mass is 32.2. The molecule has 0 aliphatic rings. The lowest BCUT2D eigenvalue weighted by Gasteiger charge is -2.10. The summed E-state index contributed by atoms with van der Waals surface area (Å²) in [5, 5.41) is 16.8. The number of sulfonamides is 1. The van der Waals surface area contributed by atoms with Crippen LogP contribution in [0.4, 0.5) is 23.1 Å². The Morgan fingerprint density at radius 2 is 1.79 bits per heavy atom. The molecule has 2 aromatic carbocycles. The van der Waals surface area contributed by atoms with Crippen molar-refractivity contribution in [1.82, 2.24) is 19.7 Å². The Balaban J connectivity index is 1.57. The van der Waals surface area contributed by atoms with Crippen LogP contribution in [0.2, 0.25) is 0 Å². The fourth-order valence-corrected chi connectivity index (χ4v) is 3.80. The third-order valence-corrected chi connectivity index (χ3v) is 5.48. The molecule has 4 aromatic rings. The van der Waals surface area contributed by atoms with Crippen molar-refractivity contribution in [2.75, 3.05) is 10.6 Å². The SMILES string of the molecule is Cc1ccc(Nc2nccc(Nc3ccc4c(cnn4C)c3)n2)cc1S(N)(=O)=O. The third kappa shape index (κ3) is 4.03. The molecule has 0 saturated carbocycles. The standard InChI is InChI=1S/C19H19N7O2S/c1-12-3-4-15(10-17(12)29(20,27)28)24-19-21-8-7-18(25-19)23-14-5-6-16-13(9-14)11-22-26(16)2/h3-11H,1-2H3,(H2,20,27,28)(H2,21,23,24,25). The molecule has 2 heterocycles. The van der Waals surface area contributed by atoms with Gasteiger partial charge in [0.15, 0.2) is 0 Å². The predicted molar refractivity (Wildman–Crippen MR) is 112 cm³/mol. The Morgan fingerprint density at radius 3 is 2.59 bits per heavy atom. The first-order chi connectivity index (χ1) is 13.8. The summed E-state index contributed by atoms with van der Waals surface area (Å²) in [6, 6.07) is 12.5. The van der Waals surface area contributed by atoms with E-state index in [0.29, 0.717) is 23.0 Å². The summed E-state index contributed by atoms with van der Waals surface area (Å²) in [5.41, 5.74) is 2.99. The highest BCUT2D eigenvalue weighted by Crippen LogP contribution is 2.23. The first-order valence-corrected chi connectivity index (χ1v) is 10.3. The van der Waals surface area contributed by atoms with Crippen molar-refractivity contribution in [3.8, 4) is 0 Å². The monoisotopic (exact) mass is 409 g/mol. The van der Waals surface area contributed by atoms with Crippen molar-refractivity contribution in [2.24, 2.45) is 12.2 Å². The molecule has 0 amide bonds. The summed E-state index contributed by atoms with van der Waals surface area (Å²) < 4.78 is 25.2. The van der Waals surface area contributed by atoms with Crippen LogP contribution in [-0.2, 0) is 17.1 Å². The second-order valence-corrected chi connectivity index (χ2v) is 8.11. The van der Waals surface area contributed by atoms with Crippen LogP contribution < -0.4 is 15.8 Å². The first kappa shape index (κ1) is 18.8. The molecule has 0 aliphatic carbocycles. The van der Waals surface area contributed by atoms with Gasteiger partial charge in [-0.2, -0.15) is 10.1 Å². The van der Waals surface area contributed by atoms with E-state index in [4.69, 9.17) is 5.14 Å². The van der Waals surface area contributed by atoms with Gasteiger partial charge in [-0.1, -0.05) is 6.07 Å². The number of hydrogen-bond acceptors (Lipinski definition) is 7. The van der Waals surface area contributed by atoms with E-state index in [1.54, 1.807) is 37.5 Å². The Hall–Kier alpha value is -3.50. The van der Waals surface area contributed by atoms with Crippen molar-refractivity contribution in [3.05, 3.63) is 60.4 Å². The van der Waals surface area contributed by atoms with Crippen LogP contribution in [0.15, 0.2) is 59.8 Å². The molecule has 10 heteroatoms. The molecule has 148 valence electrons. The maximum absolute atomic E-state index is 11.7. The molecule has 9 nitrogen and oxygen atoms in total. The quantitative estimate of drug-likeness (QED) is 0.462. The van der Waals surface area contributed by atoms with Gasteiger partial charge in [-0.05, 0) is 48.9 Å². The molecule has 29 heavy (non-hydrogen) atoms. The smallest absolute Gasteiger partial charge is 0.238 e. The number of nitrogens with one attached hydrogen (secondary N) is 2. The average Bonchev–Trinajstić information content (AvgIpc) is 3.03. The van der Waals surface area contributed by atoms with E-state index in [1.807, 2.05) is 29.9 Å². The van der Waals surface area contributed by atoms with E-state index in [2.05, 4.69) is 25.7 Å². The fourth-order valence-electron chi connectivity index (χ4n) is 2.99. The summed E-state index contributed by atoms with van der Waals surface area (Å²) in [7, 11) is -1.92. The van der Waals surface area contributed by atoms with Gasteiger partial charge in [-0.3, -0.25) is 4.68 Å². The van der Waals surface area contributed by atoms with Crippen LogP contribution in [-0.4, -0.2) is 28.2 Å². The Morgan fingerprint density at radius 1 is 1.03 bits per heavy atom. The van der Waals surface area contributed by atoms with Crippen LogP contribution in [0.5, 0.6) is 0 Å². The Bertz CT molecular complexity index is 1320. The van der Waals surface area contributed by atoms with Gasteiger partial charge in [0, 0.05) is 30.0 Å². The molecule has 4 N–H and O–H groups in total. The minimum absolute atomic E-state index is 0.0570. The lowest BCUT2D eigenvalue weighted by molar-refractivity contribution is 0.597. The van der Waals surface area contributed by atoms with Crippen molar-refractivity contribution in [2.45, 2.75) is 11.8 Å². The van der Waals surface area contributed by atoms with E-state index in [-0.39, 0.29) is 4.90 Å². The molecule has 4 rings (SSSR count). The van der Waals surface area contributed by atoms with Crippen molar-refractivity contribution in [1.29, 1.82) is 0 Å². The molecule has 0 spiro atoms. The number of nitrogens with zero attached hydrogens (tertiary/aromatic N) is 4. The van der Waals surface area contributed by atoms with Gasteiger partial charge in [-0.15, -0.1) is 0 Å². The topological polar surface area (TPSA) is 128 Å². The summed E-state index contributed by atoms with van der Waals surface area (Å²) in [6.07, 6.45) is 3.41. The maximum atomic E-state index is 11.7. The summed E-state index contributed by atoms with van der Waals surface area (Å²) in [4.78, 5) is 8.67. The second kappa shape index (κ2) is 7.15. The van der Waals surface area contributed by atoms with Gasteiger partial charge in [-0.25, -0.2) is 18.5 Å². The zero-order valence-electron chi connectivity index (χ0n) is 15.8. The molecule has 0 fully saturated rings. The Kier molecular flexibility index (Phi) is 4.65. The van der Waals surface area contributed by atoms with E-state index in [9.17, 15) is 8.42 Å². The molecule has 0 saturated heterocycles. The zero-order chi connectivity index (χ0) is 20.6. The molecule has 0 atom stereocenters. The van der Waals surface area contributed by atoms with E-state index in [0.717, 1.165) is 16.6 Å². The van der Waals surface area contributed by atoms with Crippen LogP contribution in [0, 0.1) is 6.92 Å². The number of hydrogen-bond donors (Lipinski definition) is 3. The van der Waals surface area contributed by atoms with E-state index >= 15 is 0 Å². The first-order valence-electron chi connectivity index (χ1n) is 8.72. The van der Waals surface area contributed by atoms with E-state index in [1.165, 1.54) is 6.07 Å². The van der Waals surface area contributed by atoms with Gasteiger partial charge in [0.2, 0.25) is 16.0 Å². The number of aromatic nitrogens is 4. The number of rotatable bonds is 5. The summed E-state index contributed by atoms with van der Waals surface area (Å²) in [6.45, 7) is 1.68. The second-order valence-electron chi connectivity index (χ2n) is 6.58. The molecular formula is C19H19N7O2S. The number of nitrogens with two attached hydrogens (primary N) is 1. The molecule has 2 aromatic heterocycles. The molecule has 0 unspecified atom stereocenters. The van der Waals surface area contributed by atoms with Gasteiger partial charge < -0.3 is 10.6 Å². The van der Waals surface area contributed by atoms with Crippen molar-refractivity contribution >= 4 is 44.1 Å². The van der Waals surface area contributed by atoms with Crippen LogP contribution in [0.3, 0.4) is 0 Å². The maximum Gasteiger partial charge on any atom is 0.238 e. The van der Waals surface area contributed by atoms with Crippen molar-refractivity contribution < 1.29 is 8.42 Å². The number of benzene rings is 2. The lowest BCUT2D eigenvalue weighted by atomic mass is 10.2. The largest absolute Gasteiger partial charge is 0.340 e. The van der Waals surface area contributed by atoms with Gasteiger partial charge in [0.05, 0.1) is 16.6 Å². The fraction of sp³-hybridized carbons (Fsp3) is 0.105. The number of aryl methyl sites for hydroxylation is 2. The minimum atomic E-state index is -3.81. The third-order valence-electron chi connectivity index (χ3n) is 4.42. The Labute approximate surface area is 167 Å². The van der Waals surface area contributed by atoms with Crippen LogP contribution >= 0.6 is 0 Å². The molecule has 0 bridgehead atoms. The lowest BCUT2D eigenvalue weighted by Crippen LogP contribution is -2.14. The number of anilines is 4. The highest BCUT2D eigenvalue weighted by Gasteiger charge is 2.12. The van der Waals surface area contributed by atoms with Crippen LogP contribution in [0.1, 0.15) is 5.56 Å². The number of primary sulfonamides is 1.